The molecule has 2 aromatic carbocycles. The fourth-order valence-electron chi connectivity index (χ4n) is 2.04. The number of carbonyl (C=O) groups excluding carboxylic acids is 1. The number of benzene rings is 2. The van der Waals surface area contributed by atoms with Crippen molar-refractivity contribution in [3.8, 4) is 0 Å². The average molecular weight is 408 g/mol. The number of rotatable bonds is 2. The molecule has 0 unspecified atom stereocenters. The quantitative estimate of drug-likeness (QED) is 0.585. The predicted octanol–water partition coefficient (Wildman–Crippen LogP) is 4.55. The Labute approximate surface area is 136 Å². The number of hydrogen-bond acceptors (Lipinski definition) is 3. The minimum atomic E-state index is -0.318. The van der Waals surface area contributed by atoms with Crippen LogP contribution in [0.1, 0.15) is 16.1 Å². The van der Waals surface area contributed by atoms with Crippen LogP contribution in [0.15, 0.2) is 66.7 Å². The Balaban J connectivity index is 2.25. The second-order valence-electron chi connectivity index (χ2n) is 4.40. The van der Waals surface area contributed by atoms with Gasteiger partial charge in [-0.3, -0.25) is 9.59 Å². The van der Waals surface area contributed by atoms with Gasteiger partial charge in [0.15, 0.2) is 16.8 Å². The van der Waals surface area contributed by atoms with E-state index in [0.29, 0.717) is 25.5 Å². The summed E-state index contributed by atoms with van der Waals surface area (Å²) < 4.78 is 6.90. The van der Waals surface area contributed by atoms with Gasteiger partial charge in [0.2, 0.25) is 5.78 Å². The average Bonchev–Trinajstić information content (AvgIpc) is 2.50. The lowest BCUT2D eigenvalue weighted by atomic mass is 10.1. The first-order chi connectivity index (χ1) is 10.1. The van der Waals surface area contributed by atoms with Crippen LogP contribution in [-0.2, 0) is 0 Å². The summed E-state index contributed by atoms with van der Waals surface area (Å²) in [6, 6.07) is 13.5. The summed E-state index contributed by atoms with van der Waals surface area (Å²) in [5.41, 5.74) is 0.575. The molecule has 3 aromatic rings. The van der Waals surface area contributed by atoms with Crippen LogP contribution in [0.25, 0.3) is 11.0 Å². The van der Waals surface area contributed by atoms with Crippen molar-refractivity contribution in [1.29, 1.82) is 0 Å². The van der Waals surface area contributed by atoms with E-state index in [0.717, 1.165) is 0 Å². The molecule has 104 valence electrons. The molecule has 0 aliphatic rings. The molecule has 0 saturated carbocycles. The van der Waals surface area contributed by atoms with Crippen molar-refractivity contribution in [3.05, 3.63) is 79.0 Å². The molecule has 3 nitrogen and oxygen atoms in total. The van der Waals surface area contributed by atoms with Gasteiger partial charge in [0.1, 0.15) is 0 Å². The number of halogens is 2. The zero-order valence-corrected chi connectivity index (χ0v) is 13.8. The van der Waals surface area contributed by atoms with Crippen LogP contribution in [0, 0.1) is 0 Å². The van der Waals surface area contributed by atoms with Crippen LogP contribution in [-0.4, -0.2) is 5.78 Å². The van der Waals surface area contributed by atoms with Crippen molar-refractivity contribution in [3.63, 3.8) is 0 Å². The molecule has 1 aromatic heterocycles. The molecule has 0 spiro atoms. The highest BCUT2D eigenvalue weighted by Gasteiger charge is 2.16. The maximum Gasteiger partial charge on any atom is 0.228 e. The van der Waals surface area contributed by atoms with Gasteiger partial charge >= 0.3 is 0 Å². The molecule has 0 aliphatic heterocycles. The van der Waals surface area contributed by atoms with Crippen LogP contribution >= 0.6 is 31.9 Å². The highest BCUT2D eigenvalue weighted by Crippen LogP contribution is 2.29. The van der Waals surface area contributed by atoms with Gasteiger partial charge in [-0.25, -0.2) is 0 Å². The highest BCUT2D eigenvalue weighted by molar-refractivity contribution is 9.11. The summed E-state index contributed by atoms with van der Waals surface area (Å²) >= 11 is 6.66. The first kappa shape index (κ1) is 14.2. The molecule has 0 amide bonds. The molecular weight excluding hydrogens is 400 g/mol. The van der Waals surface area contributed by atoms with Gasteiger partial charge in [-0.05, 0) is 44.0 Å². The Morgan fingerprint density at radius 3 is 2.33 bits per heavy atom. The standard InChI is InChI=1S/C16H8Br2O3/c17-10-6-7-11(18)16-14(10)12(19)8-13(21-16)15(20)9-4-2-1-3-5-9/h1-8H. The lowest BCUT2D eigenvalue weighted by Crippen LogP contribution is -2.08. The molecule has 0 radical (unpaired) electrons. The summed E-state index contributed by atoms with van der Waals surface area (Å²) in [7, 11) is 0. The number of ketones is 1. The first-order valence-electron chi connectivity index (χ1n) is 6.09. The fraction of sp³-hybridized carbons (Fsp3) is 0. The largest absolute Gasteiger partial charge is 0.451 e. The molecule has 0 aliphatic carbocycles. The molecule has 21 heavy (non-hydrogen) atoms. The fourth-order valence-corrected chi connectivity index (χ4v) is 2.96. The molecule has 0 bridgehead atoms. The lowest BCUT2D eigenvalue weighted by molar-refractivity contribution is 0.101. The summed E-state index contributed by atoms with van der Waals surface area (Å²) in [5.74, 6) is -0.293. The third-order valence-electron chi connectivity index (χ3n) is 3.04. The maximum absolute atomic E-state index is 12.4. The van der Waals surface area contributed by atoms with E-state index in [1.54, 1.807) is 36.4 Å². The van der Waals surface area contributed by atoms with Crippen molar-refractivity contribution in [2.45, 2.75) is 0 Å². The minimum Gasteiger partial charge on any atom is -0.451 e. The van der Waals surface area contributed by atoms with Gasteiger partial charge in [0.25, 0.3) is 0 Å². The third-order valence-corrected chi connectivity index (χ3v) is 4.32. The van der Waals surface area contributed by atoms with Crippen LogP contribution in [0.2, 0.25) is 0 Å². The molecule has 0 fully saturated rings. The number of carbonyl (C=O) groups is 1. The van der Waals surface area contributed by atoms with Crippen molar-refractivity contribution >= 4 is 48.6 Å². The molecule has 3 rings (SSSR count). The monoisotopic (exact) mass is 406 g/mol. The van der Waals surface area contributed by atoms with Gasteiger partial charge in [0.05, 0.1) is 9.86 Å². The van der Waals surface area contributed by atoms with Gasteiger partial charge < -0.3 is 4.42 Å². The van der Waals surface area contributed by atoms with E-state index in [9.17, 15) is 9.59 Å². The lowest BCUT2D eigenvalue weighted by Gasteiger charge is -2.05. The van der Waals surface area contributed by atoms with Gasteiger partial charge in [0, 0.05) is 16.1 Å². The molecule has 5 heteroatoms. The van der Waals surface area contributed by atoms with Crippen LogP contribution < -0.4 is 5.43 Å². The Kier molecular flexibility index (Phi) is 3.78. The second kappa shape index (κ2) is 5.58. The smallest absolute Gasteiger partial charge is 0.228 e. The van der Waals surface area contributed by atoms with E-state index >= 15 is 0 Å². The van der Waals surface area contributed by atoms with Crippen molar-refractivity contribution in [2.75, 3.05) is 0 Å². The maximum atomic E-state index is 12.4. The molecule has 0 N–H and O–H groups in total. The zero-order chi connectivity index (χ0) is 15.0. The van der Waals surface area contributed by atoms with Crippen molar-refractivity contribution in [2.24, 2.45) is 0 Å². The van der Waals surface area contributed by atoms with Crippen molar-refractivity contribution in [1.82, 2.24) is 0 Å². The van der Waals surface area contributed by atoms with E-state index < -0.39 is 0 Å². The Morgan fingerprint density at radius 2 is 1.62 bits per heavy atom. The minimum absolute atomic E-state index is 0.0255. The summed E-state index contributed by atoms with van der Waals surface area (Å²) in [6.45, 7) is 0. The topological polar surface area (TPSA) is 47.3 Å². The Morgan fingerprint density at radius 1 is 0.952 bits per heavy atom. The second-order valence-corrected chi connectivity index (χ2v) is 6.11. The predicted molar refractivity (Wildman–Crippen MR) is 87.8 cm³/mol. The molecule has 0 atom stereocenters. The molecule has 1 heterocycles. The van der Waals surface area contributed by atoms with Crippen molar-refractivity contribution < 1.29 is 9.21 Å². The molecule has 0 saturated heterocycles. The van der Waals surface area contributed by atoms with E-state index in [-0.39, 0.29) is 17.0 Å². The summed E-state index contributed by atoms with van der Waals surface area (Å²) in [5, 5.41) is 0.411. The Bertz CT molecular complexity index is 899. The number of hydrogen-bond donors (Lipinski definition) is 0. The number of fused-ring (bicyclic) bond motifs is 1. The van der Waals surface area contributed by atoms with Crippen LogP contribution in [0.3, 0.4) is 0 Å². The SMILES string of the molecule is O=C(c1ccccc1)c1cc(=O)c2c(Br)ccc(Br)c2o1. The Hall–Kier alpha value is -1.72. The summed E-state index contributed by atoms with van der Waals surface area (Å²) in [6.07, 6.45) is 0. The van der Waals surface area contributed by atoms with Gasteiger partial charge in [-0.1, -0.05) is 30.3 Å². The van der Waals surface area contributed by atoms with E-state index in [1.165, 1.54) is 6.07 Å². The van der Waals surface area contributed by atoms with Crippen LogP contribution in [0.4, 0.5) is 0 Å². The normalized spacial score (nSPS) is 10.8. The van der Waals surface area contributed by atoms with E-state index in [2.05, 4.69) is 31.9 Å². The highest BCUT2D eigenvalue weighted by atomic mass is 79.9. The summed E-state index contributed by atoms with van der Waals surface area (Å²) in [4.78, 5) is 24.6. The van der Waals surface area contributed by atoms with Gasteiger partial charge in [-0.2, -0.15) is 0 Å². The molecular formula is C16H8Br2O3. The van der Waals surface area contributed by atoms with Gasteiger partial charge in [-0.15, -0.1) is 0 Å². The zero-order valence-electron chi connectivity index (χ0n) is 10.6. The van der Waals surface area contributed by atoms with E-state index in [1.807, 2.05) is 6.07 Å². The van der Waals surface area contributed by atoms with E-state index in [4.69, 9.17) is 4.42 Å². The van der Waals surface area contributed by atoms with Crippen LogP contribution in [0.5, 0.6) is 0 Å². The third kappa shape index (κ3) is 2.59. The first-order valence-corrected chi connectivity index (χ1v) is 7.68.